The number of likely N-dealkylation sites (tertiary alicyclic amines) is 1. The Morgan fingerprint density at radius 2 is 1.31 bits per heavy atom. The number of hydrogen-bond acceptors (Lipinski definition) is 6. The van der Waals surface area contributed by atoms with Gasteiger partial charge < -0.3 is 25.3 Å². The summed E-state index contributed by atoms with van der Waals surface area (Å²) in [6.07, 6.45) is 4.31. The van der Waals surface area contributed by atoms with E-state index in [-0.39, 0.29) is 18.6 Å². The Kier molecular flexibility index (Phi) is 11.3. The number of amides is 2. The van der Waals surface area contributed by atoms with Gasteiger partial charge in [0.25, 0.3) is 0 Å². The third-order valence-electron chi connectivity index (χ3n) is 10.6. The lowest BCUT2D eigenvalue weighted by Gasteiger charge is -2.37. The van der Waals surface area contributed by atoms with Crippen LogP contribution in [0.1, 0.15) is 41.5 Å². The number of carbonyl (C=O) groups excluding carboxylic acids is 2. The minimum Gasteiger partial charge on any atom is -0.445 e. The molecule has 2 saturated heterocycles. The van der Waals surface area contributed by atoms with E-state index >= 15 is 0 Å². The maximum Gasteiger partial charge on any atom is 0.410 e. The molecule has 0 bridgehead atoms. The number of rotatable bonds is 12. The molecule has 3 heterocycles. The van der Waals surface area contributed by atoms with Crippen LogP contribution >= 0.6 is 0 Å². The Morgan fingerprint density at radius 1 is 0.712 bits per heavy atom. The van der Waals surface area contributed by atoms with Gasteiger partial charge in [0.2, 0.25) is 5.91 Å². The standard InChI is InChI=1S/C43H50N6O3/c44-43(20-23-48(24-21-43)42(51)52-33-35-13-6-2-7-14-35)41(50)45-22-10-15-37-32-49(38-16-8-3-9-17-38)40-29-36(18-19-39(37)40)31-47-27-25-46(26-28-47)30-34-11-4-1-5-12-34/h1-9,11-14,16-19,29,32H,10,15,20-28,30-31,33,44H2,(H,45,50). The van der Waals surface area contributed by atoms with E-state index in [9.17, 15) is 9.59 Å². The van der Waals surface area contributed by atoms with E-state index < -0.39 is 5.54 Å². The fourth-order valence-electron chi connectivity index (χ4n) is 7.43. The molecule has 270 valence electrons. The number of piperazine rings is 1. The molecule has 0 aliphatic carbocycles. The van der Waals surface area contributed by atoms with Crippen molar-refractivity contribution >= 4 is 22.9 Å². The number of nitrogens with two attached hydrogens (primary N) is 1. The first-order chi connectivity index (χ1) is 25.4. The molecular formula is C43H50N6O3. The van der Waals surface area contributed by atoms with Crippen molar-refractivity contribution in [3.05, 3.63) is 138 Å². The number of fused-ring (bicyclic) bond motifs is 1. The van der Waals surface area contributed by atoms with E-state index in [1.165, 1.54) is 27.6 Å². The molecule has 0 radical (unpaired) electrons. The molecule has 0 saturated carbocycles. The molecule has 3 N–H and O–H groups in total. The third-order valence-corrected chi connectivity index (χ3v) is 10.6. The van der Waals surface area contributed by atoms with E-state index in [1.807, 2.05) is 36.4 Å². The Bertz CT molecular complexity index is 1910. The Hall–Kier alpha value is -4.96. The first kappa shape index (κ1) is 35.4. The number of nitrogens with one attached hydrogen (secondary N) is 1. The van der Waals surface area contributed by atoms with Gasteiger partial charge in [-0.15, -0.1) is 0 Å². The largest absolute Gasteiger partial charge is 0.445 e. The van der Waals surface area contributed by atoms with Gasteiger partial charge >= 0.3 is 6.09 Å². The SMILES string of the molecule is NC1(C(=O)NCCCc2cn(-c3ccccc3)c3cc(CN4CCN(Cc5ccccc5)CC4)ccc23)CCN(C(=O)OCc2ccccc2)CC1. The predicted octanol–water partition coefficient (Wildman–Crippen LogP) is 6.13. The number of ether oxygens (including phenoxy) is 1. The quantitative estimate of drug-likeness (QED) is 0.152. The van der Waals surface area contributed by atoms with Crippen LogP contribution in [0.2, 0.25) is 0 Å². The molecule has 1 aromatic heterocycles. The van der Waals surface area contributed by atoms with E-state index in [4.69, 9.17) is 10.5 Å². The molecule has 0 unspecified atom stereocenters. The van der Waals surface area contributed by atoms with Gasteiger partial charge in [0, 0.05) is 76.2 Å². The molecule has 52 heavy (non-hydrogen) atoms. The zero-order chi connectivity index (χ0) is 35.8. The average molecular weight is 699 g/mol. The Balaban J connectivity index is 0.919. The zero-order valence-electron chi connectivity index (χ0n) is 30.0. The zero-order valence-corrected chi connectivity index (χ0v) is 30.0. The van der Waals surface area contributed by atoms with Crippen molar-refractivity contribution in [2.24, 2.45) is 5.73 Å². The molecule has 0 spiro atoms. The van der Waals surface area contributed by atoms with Crippen LogP contribution in [0.15, 0.2) is 115 Å². The summed E-state index contributed by atoms with van der Waals surface area (Å²) < 4.78 is 7.78. The number of piperidine rings is 1. The third kappa shape index (κ3) is 8.73. The summed E-state index contributed by atoms with van der Waals surface area (Å²) in [5, 5.41) is 4.34. The summed E-state index contributed by atoms with van der Waals surface area (Å²) in [7, 11) is 0. The monoisotopic (exact) mass is 698 g/mol. The lowest BCUT2D eigenvalue weighted by molar-refractivity contribution is -0.128. The second-order valence-corrected chi connectivity index (χ2v) is 14.3. The van der Waals surface area contributed by atoms with E-state index in [0.29, 0.717) is 32.5 Å². The second kappa shape index (κ2) is 16.6. The van der Waals surface area contributed by atoms with Crippen LogP contribution in [-0.2, 0) is 35.6 Å². The minimum atomic E-state index is -0.996. The van der Waals surface area contributed by atoms with Crippen LogP contribution in [0.3, 0.4) is 0 Å². The number of nitrogens with zero attached hydrogens (tertiary/aromatic N) is 4. The fourth-order valence-corrected chi connectivity index (χ4v) is 7.43. The van der Waals surface area contributed by atoms with Crippen LogP contribution in [0.4, 0.5) is 4.79 Å². The first-order valence-corrected chi connectivity index (χ1v) is 18.6. The topological polar surface area (TPSA) is 96.1 Å². The first-order valence-electron chi connectivity index (χ1n) is 18.6. The highest BCUT2D eigenvalue weighted by Crippen LogP contribution is 2.28. The number of carbonyl (C=O) groups is 2. The van der Waals surface area contributed by atoms with Crippen molar-refractivity contribution in [1.82, 2.24) is 24.6 Å². The van der Waals surface area contributed by atoms with E-state index in [0.717, 1.165) is 63.4 Å². The van der Waals surface area contributed by atoms with Crippen LogP contribution in [-0.4, -0.2) is 82.6 Å². The average Bonchev–Trinajstić information content (AvgIpc) is 3.55. The van der Waals surface area contributed by atoms with Gasteiger partial charge in [-0.3, -0.25) is 14.6 Å². The molecule has 5 aromatic rings. The molecule has 2 fully saturated rings. The van der Waals surface area contributed by atoms with Gasteiger partial charge in [-0.05, 0) is 66.1 Å². The molecule has 7 rings (SSSR count). The molecule has 4 aromatic carbocycles. The number of benzene rings is 4. The normalized spacial score (nSPS) is 16.5. The number of aryl methyl sites for hydroxylation is 1. The highest BCUT2D eigenvalue weighted by molar-refractivity contribution is 5.87. The number of aromatic nitrogens is 1. The second-order valence-electron chi connectivity index (χ2n) is 14.3. The minimum absolute atomic E-state index is 0.151. The summed E-state index contributed by atoms with van der Waals surface area (Å²) in [6.45, 7) is 7.76. The Morgan fingerprint density at radius 3 is 1.96 bits per heavy atom. The highest BCUT2D eigenvalue weighted by Gasteiger charge is 2.39. The fraction of sp³-hybridized carbons (Fsp3) is 0.349. The van der Waals surface area contributed by atoms with Gasteiger partial charge in [-0.1, -0.05) is 91.0 Å². The van der Waals surface area contributed by atoms with Crippen molar-refractivity contribution < 1.29 is 14.3 Å². The molecule has 9 heteroatoms. The molecule has 0 atom stereocenters. The van der Waals surface area contributed by atoms with Crippen LogP contribution in [0, 0.1) is 0 Å². The maximum absolute atomic E-state index is 13.2. The number of para-hydroxylation sites is 1. The van der Waals surface area contributed by atoms with E-state index in [1.54, 1.807) is 4.90 Å². The van der Waals surface area contributed by atoms with Crippen LogP contribution < -0.4 is 11.1 Å². The van der Waals surface area contributed by atoms with Gasteiger partial charge in [0.15, 0.2) is 0 Å². The summed E-state index contributed by atoms with van der Waals surface area (Å²) in [5.74, 6) is -0.151. The summed E-state index contributed by atoms with van der Waals surface area (Å²) >= 11 is 0. The molecule has 2 amide bonds. The van der Waals surface area contributed by atoms with Gasteiger partial charge in [0.1, 0.15) is 6.61 Å². The molecular weight excluding hydrogens is 649 g/mol. The van der Waals surface area contributed by atoms with Gasteiger partial charge in [-0.2, -0.15) is 0 Å². The number of hydrogen-bond donors (Lipinski definition) is 2. The van der Waals surface area contributed by atoms with Crippen molar-refractivity contribution in [3.63, 3.8) is 0 Å². The maximum atomic E-state index is 13.2. The lowest BCUT2D eigenvalue weighted by atomic mass is 9.87. The Labute approximate surface area is 307 Å². The summed E-state index contributed by atoms with van der Waals surface area (Å²) in [6, 6.07) is 37.8. The smallest absolute Gasteiger partial charge is 0.410 e. The lowest BCUT2D eigenvalue weighted by Crippen LogP contribution is -2.60. The van der Waals surface area contributed by atoms with Crippen molar-refractivity contribution in [2.45, 2.75) is 50.9 Å². The van der Waals surface area contributed by atoms with Crippen molar-refractivity contribution in [3.8, 4) is 5.69 Å². The van der Waals surface area contributed by atoms with Crippen LogP contribution in [0.25, 0.3) is 16.6 Å². The van der Waals surface area contributed by atoms with E-state index in [2.05, 4.69) is 98.7 Å². The van der Waals surface area contributed by atoms with Crippen molar-refractivity contribution in [2.75, 3.05) is 45.8 Å². The molecule has 2 aliphatic heterocycles. The van der Waals surface area contributed by atoms with Crippen LogP contribution in [0.5, 0.6) is 0 Å². The van der Waals surface area contributed by atoms with Crippen molar-refractivity contribution in [1.29, 1.82) is 0 Å². The predicted molar refractivity (Wildman–Crippen MR) is 206 cm³/mol. The summed E-state index contributed by atoms with van der Waals surface area (Å²) in [5.41, 5.74) is 12.8. The van der Waals surface area contributed by atoms with Gasteiger partial charge in [0.05, 0.1) is 11.1 Å². The van der Waals surface area contributed by atoms with Gasteiger partial charge in [-0.25, -0.2) is 4.79 Å². The summed E-state index contributed by atoms with van der Waals surface area (Å²) in [4.78, 5) is 32.6. The molecule has 9 nitrogen and oxygen atoms in total. The molecule has 2 aliphatic rings. The highest BCUT2D eigenvalue weighted by atomic mass is 16.6.